The molecular formula is C26H23N7OS. The van der Waals surface area contributed by atoms with Crippen LogP contribution < -0.4 is 5.32 Å². The number of hydrogen-bond acceptors (Lipinski definition) is 7. The number of aromatic amines is 2. The van der Waals surface area contributed by atoms with Crippen LogP contribution in [0.1, 0.15) is 19.8 Å². The topological polar surface area (TPSA) is 115 Å². The smallest absolute Gasteiger partial charge is 0.124 e. The first-order chi connectivity index (χ1) is 17.2. The fourth-order valence-electron chi connectivity index (χ4n) is 4.29. The zero-order valence-electron chi connectivity index (χ0n) is 19.0. The quantitative estimate of drug-likeness (QED) is 0.214. The first kappa shape index (κ1) is 21.5. The number of anilines is 1. The van der Waals surface area contributed by atoms with Gasteiger partial charge in [0.2, 0.25) is 0 Å². The van der Waals surface area contributed by atoms with E-state index < -0.39 is 6.23 Å². The molecule has 6 heterocycles. The lowest BCUT2D eigenvalue weighted by molar-refractivity contribution is 0.192. The largest absolute Gasteiger partial charge is 0.374 e. The second-order valence-corrected chi connectivity index (χ2v) is 9.19. The van der Waals surface area contributed by atoms with E-state index in [1.165, 1.54) is 0 Å². The molecule has 0 bridgehead atoms. The van der Waals surface area contributed by atoms with Crippen molar-refractivity contribution < 1.29 is 5.11 Å². The molecule has 4 N–H and O–H groups in total. The lowest BCUT2D eigenvalue weighted by Crippen LogP contribution is -2.18. The summed E-state index contributed by atoms with van der Waals surface area (Å²) in [6, 6.07) is 10.1. The number of nitrogens with one attached hydrogen (secondary N) is 3. The summed E-state index contributed by atoms with van der Waals surface area (Å²) in [6.45, 7) is 2.04. The standard InChI is InChI=1S/C26H23N7OS/c1-2-3-24(34)30-17-8-16(11-27-12-17)21-9-19-23(13-29-21)32-33-26(19)22-10-18-20(31-22)4-6-28-25(18)15-5-7-35-14-15/h4-14,24,30-31,34H,2-3H2,1H3,(H,32,33). The molecule has 0 saturated carbocycles. The van der Waals surface area contributed by atoms with Gasteiger partial charge >= 0.3 is 0 Å². The highest BCUT2D eigenvalue weighted by Gasteiger charge is 2.16. The van der Waals surface area contributed by atoms with Crippen molar-refractivity contribution >= 4 is 38.8 Å². The number of H-pyrrole nitrogens is 2. The van der Waals surface area contributed by atoms with Crippen LogP contribution in [0.3, 0.4) is 0 Å². The number of aliphatic hydroxyl groups excluding tert-OH is 1. The van der Waals surface area contributed by atoms with Crippen LogP contribution in [0.5, 0.6) is 0 Å². The lowest BCUT2D eigenvalue weighted by Gasteiger charge is -2.13. The number of thiophene rings is 1. The fraction of sp³-hybridized carbons (Fsp3) is 0.154. The van der Waals surface area contributed by atoms with Crippen molar-refractivity contribution in [2.45, 2.75) is 26.0 Å². The third-order valence-corrected chi connectivity index (χ3v) is 6.66. The molecule has 6 aromatic heterocycles. The van der Waals surface area contributed by atoms with Gasteiger partial charge in [-0.15, -0.1) is 0 Å². The summed E-state index contributed by atoms with van der Waals surface area (Å²) in [4.78, 5) is 17.1. The molecule has 1 atom stereocenters. The van der Waals surface area contributed by atoms with Gasteiger partial charge in [-0.05, 0) is 42.1 Å². The summed E-state index contributed by atoms with van der Waals surface area (Å²) >= 11 is 1.66. The van der Waals surface area contributed by atoms with Crippen LogP contribution in [0.2, 0.25) is 0 Å². The van der Waals surface area contributed by atoms with Crippen LogP contribution in [0.4, 0.5) is 5.69 Å². The van der Waals surface area contributed by atoms with Gasteiger partial charge in [-0.25, -0.2) is 0 Å². The van der Waals surface area contributed by atoms with Crippen LogP contribution in [0.25, 0.3) is 55.7 Å². The molecule has 0 aliphatic rings. The van der Waals surface area contributed by atoms with E-state index in [4.69, 9.17) is 0 Å². The molecule has 9 heteroatoms. The molecule has 35 heavy (non-hydrogen) atoms. The molecule has 0 amide bonds. The Kier molecular flexibility index (Phi) is 5.48. The summed E-state index contributed by atoms with van der Waals surface area (Å²) < 4.78 is 0. The van der Waals surface area contributed by atoms with Gasteiger partial charge in [0.25, 0.3) is 0 Å². The van der Waals surface area contributed by atoms with E-state index >= 15 is 0 Å². The molecule has 174 valence electrons. The zero-order chi connectivity index (χ0) is 23.8. The molecule has 0 saturated heterocycles. The highest BCUT2D eigenvalue weighted by molar-refractivity contribution is 7.08. The number of rotatable bonds is 7. The third kappa shape index (κ3) is 4.05. The second kappa shape index (κ2) is 8.94. The van der Waals surface area contributed by atoms with E-state index in [-0.39, 0.29) is 0 Å². The van der Waals surface area contributed by atoms with Crippen molar-refractivity contribution in [1.82, 2.24) is 30.1 Å². The number of nitrogens with zero attached hydrogens (tertiary/aromatic N) is 4. The van der Waals surface area contributed by atoms with Crippen LogP contribution in [0, 0.1) is 0 Å². The molecular weight excluding hydrogens is 458 g/mol. The van der Waals surface area contributed by atoms with Crippen molar-refractivity contribution in [2.75, 3.05) is 5.32 Å². The van der Waals surface area contributed by atoms with E-state index in [0.717, 1.165) is 67.8 Å². The van der Waals surface area contributed by atoms with E-state index in [9.17, 15) is 5.11 Å². The Hall–Kier alpha value is -4.08. The van der Waals surface area contributed by atoms with E-state index in [0.29, 0.717) is 6.42 Å². The molecule has 0 radical (unpaired) electrons. The van der Waals surface area contributed by atoms with Gasteiger partial charge in [0.05, 0.1) is 40.7 Å². The summed E-state index contributed by atoms with van der Waals surface area (Å²) in [6.07, 6.45) is 8.03. The molecule has 0 spiro atoms. The van der Waals surface area contributed by atoms with Gasteiger partial charge in [0.1, 0.15) is 11.9 Å². The predicted molar refractivity (Wildman–Crippen MR) is 140 cm³/mol. The molecule has 6 rings (SSSR count). The Balaban J connectivity index is 1.40. The molecule has 0 aliphatic carbocycles. The maximum atomic E-state index is 10.1. The summed E-state index contributed by atoms with van der Waals surface area (Å²) in [5, 5.41) is 27.1. The number of hydrogen-bond donors (Lipinski definition) is 4. The van der Waals surface area contributed by atoms with E-state index in [1.807, 2.05) is 31.3 Å². The Morgan fingerprint density at radius 2 is 1.91 bits per heavy atom. The van der Waals surface area contributed by atoms with Gasteiger partial charge < -0.3 is 15.4 Å². The van der Waals surface area contributed by atoms with Crippen molar-refractivity contribution in [2.24, 2.45) is 0 Å². The molecule has 6 aromatic rings. The molecule has 0 aliphatic heterocycles. The monoisotopic (exact) mass is 481 g/mol. The first-order valence-electron chi connectivity index (χ1n) is 11.4. The highest BCUT2D eigenvalue weighted by Crippen LogP contribution is 2.34. The van der Waals surface area contributed by atoms with Crippen LogP contribution in [-0.2, 0) is 0 Å². The average Bonchev–Trinajstić information content (AvgIpc) is 3.63. The van der Waals surface area contributed by atoms with Gasteiger partial charge in [0.15, 0.2) is 0 Å². The van der Waals surface area contributed by atoms with Crippen molar-refractivity contribution in [3.05, 3.63) is 65.9 Å². The summed E-state index contributed by atoms with van der Waals surface area (Å²) in [5.41, 5.74) is 8.02. The molecule has 1 unspecified atom stereocenters. The molecule has 0 aromatic carbocycles. The Bertz CT molecular complexity index is 1620. The predicted octanol–water partition coefficient (Wildman–Crippen LogP) is 5.82. The van der Waals surface area contributed by atoms with Crippen molar-refractivity contribution in [3.8, 4) is 33.9 Å². The maximum Gasteiger partial charge on any atom is 0.124 e. The zero-order valence-corrected chi connectivity index (χ0v) is 19.8. The number of pyridine rings is 3. The van der Waals surface area contributed by atoms with Gasteiger partial charge in [-0.2, -0.15) is 16.4 Å². The van der Waals surface area contributed by atoms with Crippen molar-refractivity contribution in [1.29, 1.82) is 0 Å². The minimum atomic E-state index is -0.608. The first-order valence-corrected chi connectivity index (χ1v) is 12.4. The molecule has 8 nitrogen and oxygen atoms in total. The van der Waals surface area contributed by atoms with Crippen LogP contribution in [0.15, 0.2) is 65.9 Å². The maximum absolute atomic E-state index is 10.1. The Morgan fingerprint density at radius 1 is 1.00 bits per heavy atom. The fourth-order valence-corrected chi connectivity index (χ4v) is 4.93. The van der Waals surface area contributed by atoms with E-state index in [2.05, 4.69) is 58.3 Å². The van der Waals surface area contributed by atoms with Gasteiger partial charge in [0, 0.05) is 45.2 Å². The average molecular weight is 482 g/mol. The van der Waals surface area contributed by atoms with Crippen molar-refractivity contribution in [3.63, 3.8) is 0 Å². The second-order valence-electron chi connectivity index (χ2n) is 8.41. The van der Waals surface area contributed by atoms with Crippen LogP contribution >= 0.6 is 11.3 Å². The third-order valence-electron chi connectivity index (χ3n) is 5.97. The van der Waals surface area contributed by atoms with Gasteiger partial charge in [-0.1, -0.05) is 13.3 Å². The normalized spacial score (nSPS) is 12.4. The molecule has 0 fully saturated rings. The van der Waals surface area contributed by atoms with Gasteiger partial charge in [-0.3, -0.25) is 20.1 Å². The Labute approximate surface area is 205 Å². The SMILES string of the molecule is CCCC(O)Nc1cncc(-c2cc3c(-c4cc5c(-c6ccsc6)nccc5[nH]4)n[nH]c3cn2)c1. The summed E-state index contributed by atoms with van der Waals surface area (Å²) in [5.74, 6) is 0. The lowest BCUT2D eigenvalue weighted by atomic mass is 10.1. The highest BCUT2D eigenvalue weighted by atomic mass is 32.1. The minimum absolute atomic E-state index is 0.608. The number of aliphatic hydroxyl groups is 1. The van der Waals surface area contributed by atoms with Crippen LogP contribution in [-0.4, -0.2) is 41.5 Å². The van der Waals surface area contributed by atoms with E-state index in [1.54, 1.807) is 29.9 Å². The Morgan fingerprint density at radius 3 is 2.77 bits per heavy atom. The number of fused-ring (bicyclic) bond motifs is 2. The number of aromatic nitrogens is 6. The summed E-state index contributed by atoms with van der Waals surface area (Å²) in [7, 11) is 0. The minimum Gasteiger partial charge on any atom is -0.374 e.